The Labute approximate surface area is 174 Å². The van der Waals surface area contributed by atoms with E-state index in [0.717, 1.165) is 18.2 Å². The van der Waals surface area contributed by atoms with Crippen LogP contribution < -0.4 is 0 Å². The van der Waals surface area contributed by atoms with Gasteiger partial charge in [-0.15, -0.1) is 11.8 Å². The van der Waals surface area contributed by atoms with E-state index in [9.17, 15) is 9.59 Å². The van der Waals surface area contributed by atoms with Gasteiger partial charge in [-0.25, -0.2) is 24.2 Å². The Bertz CT molecular complexity index is 923. The van der Waals surface area contributed by atoms with Crippen LogP contribution in [0.2, 0.25) is 0 Å². The van der Waals surface area contributed by atoms with Crippen LogP contribution in [0.15, 0.2) is 11.2 Å². The SMILES string of the molecule is COC(=O)c1nc(SC)c2cnn([C@H](C)[C@@H]3CCCN3C(=O)OC(C)(C)C)c2n1. The van der Waals surface area contributed by atoms with Crippen LogP contribution >= 0.6 is 11.8 Å². The minimum Gasteiger partial charge on any atom is -0.463 e. The van der Waals surface area contributed by atoms with Crippen LogP contribution in [0.3, 0.4) is 0 Å². The zero-order valence-electron chi connectivity index (χ0n) is 17.6. The highest BCUT2D eigenvalue weighted by atomic mass is 32.2. The fourth-order valence-electron chi connectivity index (χ4n) is 3.54. The van der Waals surface area contributed by atoms with Gasteiger partial charge in [0.15, 0.2) is 5.65 Å². The Morgan fingerprint density at radius 2 is 2.03 bits per heavy atom. The summed E-state index contributed by atoms with van der Waals surface area (Å²) in [5, 5.41) is 5.93. The summed E-state index contributed by atoms with van der Waals surface area (Å²) in [5.41, 5.74) is -0.00448. The third-order valence-corrected chi connectivity index (χ3v) is 5.55. The average Bonchev–Trinajstić information content (AvgIpc) is 3.31. The van der Waals surface area contributed by atoms with E-state index in [-0.39, 0.29) is 24.0 Å². The number of rotatable bonds is 4. The second-order valence-corrected chi connectivity index (χ2v) is 8.79. The van der Waals surface area contributed by atoms with E-state index >= 15 is 0 Å². The summed E-state index contributed by atoms with van der Waals surface area (Å²) in [6, 6.07) is -0.236. The predicted molar refractivity (Wildman–Crippen MR) is 109 cm³/mol. The van der Waals surface area contributed by atoms with Crippen LogP contribution in [-0.4, -0.2) is 68.3 Å². The standard InChI is InChI=1S/C19H27N5O4S/c1-11(13-8-7-9-23(13)18(26)28-19(2,3)4)24-15-12(10-20-24)16(29-6)22-14(21-15)17(25)27-5/h10-11,13H,7-9H2,1-6H3/t11-,13+/m1/s1. The number of thioether (sulfide) groups is 1. The third kappa shape index (κ3) is 4.31. The van der Waals surface area contributed by atoms with Gasteiger partial charge in [-0.2, -0.15) is 5.10 Å². The van der Waals surface area contributed by atoms with E-state index in [1.807, 2.05) is 34.0 Å². The molecule has 0 N–H and O–H groups in total. The van der Waals surface area contributed by atoms with Gasteiger partial charge >= 0.3 is 12.1 Å². The minimum absolute atomic E-state index is 0.00581. The molecule has 2 aromatic heterocycles. The molecular formula is C19H27N5O4S. The number of aromatic nitrogens is 4. The number of likely N-dealkylation sites (tertiary alicyclic amines) is 1. The quantitative estimate of drug-likeness (QED) is 0.421. The number of carbonyl (C=O) groups excluding carboxylic acids is 2. The van der Waals surface area contributed by atoms with Crippen molar-refractivity contribution in [3.05, 3.63) is 12.0 Å². The van der Waals surface area contributed by atoms with Crippen molar-refractivity contribution in [1.82, 2.24) is 24.6 Å². The average molecular weight is 422 g/mol. The van der Waals surface area contributed by atoms with E-state index < -0.39 is 11.6 Å². The topological polar surface area (TPSA) is 99.4 Å². The Kier molecular flexibility index (Phi) is 6.02. The first-order valence-corrected chi connectivity index (χ1v) is 10.8. The van der Waals surface area contributed by atoms with Gasteiger partial charge in [0, 0.05) is 6.54 Å². The van der Waals surface area contributed by atoms with Crippen LogP contribution in [-0.2, 0) is 9.47 Å². The molecular weight excluding hydrogens is 394 g/mol. The van der Waals surface area contributed by atoms with Crippen molar-refractivity contribution < 1.29 is 19.1 Å². The van der Waals surface area contributed by atoms with Crippen molar-refractivity contribution in [1.29, 1.82) is 0 Å². The van der Waals surface area contributed by atoms with Gasteiger partial charge in [0.2, 0.25) is 5.82 Å². The molecule has 1 aliphatic rings. The molecule has 29 heavy (non-hydrogen) atoms. The lowest BCUT2D eigenvalue weighted by Crippen LogP contribution is -2.43. The number of hydrogen-bond acceptors (Lipinski definition) is 8. The first-order valence-electron chi connectivity index (χ1n) is 9.53. The summed E-state index contributed by atoms with van der Waals surface area (Å²) in [5.74, 6) is -0.604. The number of hydrogen-bond donors (Lipinski definition) is 0. The van der Waals surface area contributed by atoms with Crippen molar-refractivity contribution >= 4 is 34.9 Å². The molecule has 9 nitrogen and oxygen atoms in total. The fraction of sp³-hybridized carbons (Fsp3) is 0.632. The maximum atomic E-state index is 12.7. The Morgan fingerprint density at radius 1 is 1.31 bits per heavy atom. The van der Waals surface area contributed by atoms with Gasteiger partial charge in [-0.1, -0.05) is 0 Å². The molecule has 0 aromatic carbocycles. The van der Waals surface area contributed by atoms with Crippen molar-refractivity contribution in [3.8, 4) is 0 Å². The number of carbonyl (C=O) groups is 2. The van der Waals surface area contributed by atoms with Crippen molar-refractivity contribution in [2.75, 3.05) is 19.9 Å². The monoisotopic (exact) mass is 421 g/mol. The molecule has 2 atom stereocenters. The minimum atomic E-state index is -0.598. The lowest BCUT2D eigenvalue weighted by Gasteiger charge is -2.31. The zero-order valence-corrected chi connectivity index (χ0v) is 18.4. The van der Waals surface area contributed by atoms with Crippen LogP contribution in [0.25, 0.3) is 11.0 Å². The summed E-state index contributed by atoms with van der Waals surface area (Å²) < 4.78 is 12.1. The molecule has 1 amide bonds. The molecule has 2 aromatic rings. The first-order chi connectivity index (χ1) is 13.7. The van der Waals surface area contributed by atoms with Crippen molar-refractivity contribution in [3.63, 3.8) is 0 Å². The fourth-order valence-corrected chi connectivity index (χ4v) is 4.08. The molecule has 0 bridgehead atoms. The van der Waals surface area contributed by atoms with Gasteiger partial charge < -0.3 is 14.4 Å². The van der Waals surface area contributed by atoms with Crippen molar-refractivity contribution in [2.45, 2.75) is 63.2 Å². The first kappa shape index (κ1) is 21.4. The summed E-state index contributed by atoms with van der Waals surface area (Å²) in [7, 11) is 1.30. The maximum Gasteiger partial charge on any atom is 0.410 e. The summed E-state index contributed by atoms with van der Waals surface area (Å²) >= 11 is 1.41. The van der Waals surface area contributed by atoms with Gasteiger partial charge in [0.1, 0.15) is 10.6 Å². The molecule has 0 radical (unpaired) electrons. The van der Waals surface area contributed by atoms with E-state index in [0.29, 0.717) is 17.2 Å². The lowest BCUT2D eigenvalue weighted by molar-refractivity contribution is 0.0185. The van der Waals surface area contributed by atoms with E-state index in [2.05, 4.69) is 15.1 Å². The molecule has 0 unspecified atom stereocenters. The molecule has 0 spiro atoms. The number of nitrogens with zero attached hydrogens (tertiary/aromatic N) is 5. The number of ether oxygens (including phenoxy) is 2. The van der Waals surface area contributed by atoms with E-state index in [1.165, 1.54) is 18.9 Å². The molecule has 1 fully saturated rings. The maximum absolute atomic E-state index is 12.7. The largest absolute Gasteiger partial charge is 0.463 e. The molecule has 158 valence electrons. The molecule has 1 aliphatic heterocycles. The Balaban J connectivity index is 1.97. The van der Waals surface area contributed by atoms with E-state index in [1.54, 1.807) is 15.8 Å². The summed E-state index contributed by atoms with van der Waals surface area (Å²) in [6.45, 7) is 8.21. The Morgan fingerprint density at radius 3 is 2.66 bits per heavy atom. The van der Waals surface area contributed by atoms with Gasteiger partial charge in [-0.05, 0) is 46.8 Å². The van der Waals surface area contributed by atoms with Gasteiger partial charge in [0.25, 0.3) is 0 Å². The van der Waals surface area contributed by atoms with Crippen molar-refractivity contribution in [2.24, 2.45) is 0 Å². The molecule has 0 aliphatic carbocycles. The predicted octanol–water partition coefficient (Wildman–Crippen LogP) is 3.30. The molecule has 3 rings (SSSR count). The lowest BCUT2D eigenvalue weighted by atomic mass is 10.1. The highest BCUT2D eigenvalue weighted by Crippen LogP contribution is 2.32. The Hall–Kier alpha value is -2.36. The second kappa shape index (κ2) is 8.17. The zero-order chi connectivity index (χ0) is 21.3. The summed E-state index contributed by atoms with van der Waals surface area (Å²) in [6.07, 6.45) is 4.99. The normalized spacial score (nSPS) is 18.1. The highest BCUT2D eigenvalue weighted by Gasteiger charge is 2.37. The summed E-state index contributed by atoms with van der Waals surface area (Å²) in [4.78, 5) is 35.1. The molecule has 1 saturated heterocycles. The van der Waals surface area contributed by atoms with Crippen LogP contribution in [0.5, 0.6) is 0 Å². The molecule has 3 heterocycles. The van der Waals surface area contributed by atoms with Crippen LogP contribution in [0.4, 0.5) is 4.79 Å². The van der Waals surface area contributed by atoms with Gasteiger partial charge in [0.05, 0.1) is 30.8 Å². The molecule has 10 heteroatoms. The number of esters is 1. The smallest absolute Gasteiger partial charge is 0.410 e. The number of methoxy groups -OCH3 is 1. The van der Waals surface area contributed by atoms with Crippen LogP contribution in [0, 0.1) is 0 Å². The second-order valence-electron chi connectivity index (χ2n) is 8.00. The number of amides is 1. The van der Waals surface area contributed by atoms with Gasteiger partial charge in [-0.3, -0.25) is 0 Å². The third-order valence-electron chi connectivity index (χ3n) is 4.85. The van der Waals surface area contributed by atoms with Crippen LogP contribution in [0.1, 0.15) is 57.2 Å². The van der Waals surface area contributed by atoms with E-state index in [4.69, 9.17) is 9.47 Å². The highest BCUT2D eigenvalue weighted by molar-refractivity contribution is 7.98. The number of fused-ring (bicyclic) bond motifs is 1. The molecule has 0 saturated carbocycles.